The van der Waals surface area contributed by atoms with Gasteiger partial charge in [-0.2, -0.15) is 4.31 Å². The molecule has 0 aromatic heterocycles. The summed E-state index contributed by atoms with van der Waals surface area (Å²) in [6.07, 6.45) is 0.783. The first-order chi connectivity index (χ1) is 17.8. The quantitative estimate of drug-likeness (QED) is 0.444. The SMILES string of the molecule is CCCNC(=O)[C@@H](C)N(Cc1ccc(OC)cc1)C(=O)COc1ccc(S(=O)(=O)N2CCOCC2)cc1. The molecule has 2 aromatic rings. The lowest BCUT2D eigenvalue weighted by atomic mass is 10.1. The zero-order valence-electron chi connectivity index (χ0n) is 21.5. The summed E-state index contributed by atoms with van der Waals surface area (Å²) in [6, 6.07) is 12.5. The smallest absolute Gasteiger partial charge is 0.261 e. The Hall–Kier alpha value is -3.15. The van der Waals surface area contributed by atoms with E-state index >= 15 is 0 Å². The first-order valence-corrected chi connectivity index (χ1v) is 13.7. The van der Waals surface area contributed by atoms with E-state index in [9.17, 15) is 18.0 Å². The Kier molecular flexibility index (Phi) is 10.3. The first-order valence-electron chi connectivity index (χ1n) is 12.3. The lowest BCUT2D eigenvalue weighted by molar-refractivity contribution is -0.142. The van der Waals surface area contributed by atoms with Crippen molar-refractivity contribution < 1.29 is 32.2 Å². The van der Waals surface area contributed by atoms with Crippen LogP contribution in [0.15, 0.2) is 53.4 Å². The monoisotopic (exact) mass is 533 g/mol. The fourth-order valence-corrected chi connectivity index (χ4v) is 5.19. The van der Waals surface area contributed by atoms with Gasteiger partial charge in [-0.15, -0.1) is 0 Å². The molecule has 0 spiro atoms. The number of carbonyl (C=O) groups excluding carboxylic acids is 2. The number of carbonyl (C=O) groups is 2. The molecule has 10 nitrogen and oxygen atoms in total. The molecule has 3 rings (SSSR count). The predicted molar refractivity (Wildman–Crippen MR) is 138 cm³/mol. The fourth-order valence-electron chi connectivity index (χ4n) is 3.78. The molecule has 0 saturated carbocycles. The van der Waals surface area contributed by atoms with Crippen molar-refractivity contribution in [3.8, 4) is 11.5 Å². The largest absolute Gasteiger partial charge is 0.497 e. The summed E-state index contributed by atoms with van der Waals surface area (Å²) in [5, 5.41) is 2.83. The van der Waals surface area contributed by atoms with Gasteiger partial charge in [-0.3, -0.25) is 9.59 Å². The second-order valence-electron chi connectivity index (χ2n) is 8.61. The predicted octanol–water partition coefficient (Wildman–Crippen LogP) is 2.04. The van der Waals surface area contributed by atoms with Gasteiger partial charge in [0.25, 0.3) is 5.91 Å². The Bertz CT molecular complexity index is 1130. The van der Waals surface area contributed by atoms with Crippen LogP contribution in [0, 0.1) is 0 Å². The second-order valence-corrected chi connectivity index (χ2v) is 10.6. The van der Waals surface area contributed by atoms with Gasteiger partial charge in [-0.1, -0.05) is 19.1 Å². The van der Waals surface area contributed by atoms with Crippen molar-refractivity contribution in [1.29, 1.82) is 0 Å². The van der Waals surface area contributed by atoms with E-state index in [-0.39, 0.29) is 29.9 Å². The third-order valence-corrected chi connectivity index (χ3v) is 7.94. The first kappa shape index (κ1) is 28.4. The molecule has 11 heteroatoms. The van der Waals surface area contributed by atoms with Crippen molar-refractivity contribution in [2.75, 3.05) is 46.6 Å². The molecule has 1 aliphatic heterocycles. The third kappa shape index (κ3) is 7.67. The van der Waals surface area contributed by atoms with Crippen molar-refractivity contribution in [3.63, 3.8) is 0 Å². The van der Waals surface area contributed by atoms with Gasteiger partial charge in [0, 0.05) is 26.2 Å². The minimum absolute atomic E-state index is 0.149. The number of nitrogens with one attached hydrogen (secondary N) is 1. The average molecular weight is 534 g/mol. The highest BCUT2D eigenvalue weighted by Crippen LogP contribution is 2.21. The minimum Gasteiger partial charge on any atom is -0.497 e. The van der Waals surface area contributed by atoms with Gasteiger partial charge >= 0.3 is 0 Å². The van der Waals surface area contributed by atoms with Gasteiger partial charge in [0.15, 0.2) is 6.61 Å². The molecule has 1 atom stereocenters. The summed E-state index contributed by atoms with van der Waals surface area (Å²) in [6.45, 7) is 5.40. The van der Waals surface area contributed by atoms with Gasteiger partial charge in [-0.25, -0.2) is 8.42 Å². The summed E-state index contributed by atoms with van der Waals surface area (Å²) in [7, 11) is -2.05. The van der Waals surface area contributed by atoms with Crippen LogP contribution >= 0.6 is 0 Å². The second kappa shape index (κ2) is 13.4. The third-order valence-electron chi connectivity index (χ3n) is 6.02. The topological polar surface area (TPSA) is 114 Å². The summed E-state index contributed by atoms with van der Waals surface area (Å²) in [5.74, 6) is 0.418. The Labute approximate surface area is 218 Å². The average Bonchev–Trinajstić information content (AvgIpc) is 2.94. The van der Waals surface area contributed by atoms with Crippen molar-refractivity contribution in [2.24, 2.45) is 0 Å². The normalized spacial score (nSPS) is 15.0. The standard InChI is InChI=1S/C26H35N3O7S/c1-4-13-27-26(31)20(2)29(18-21-5-7-22(34-3)8-6-21)25(30)19-36-23-9-11-24(12-10-23)37(32,33)28-14-16-35-17-15-28/h5-12,20H,4,13-19H2,1-3H3,(H,27,31)/t20-/m1/s1. The fraction of sp³-hybridized carbons (Fsp3) is 0.462. The molecule has 0 unspecified atom stereocenters. The van der Waals surface area contributed by atoms with Crippen molar-refractivity contribution in [1.82, 2.24) is 14.5 Å². The number of methoxy groups -OCH3 is 1. The summed E-state index contributed by atoms with van der Waals surface area (Å²) < 4.78 is 43.1. The van der Waals surface area contributed by atoms with Gasteiger partial charge < -0.3 is 24.4 Å². The minimum atomic E-state index is -3.62. The molecular weight excluding hydrogens is 498 g/mol. The number of amides is 2. The molecule has 37 heavy (non-hydrogen) atoms. The zero-order valence-corrected chi connectivity index (χ0v) is 22.3. The summed E-state index contributed by atoms with van der Waals surface area (Å²) >= 11 is 0. The van der Waals surface area contributed by atoms with E-state index in [0.29, 0.717) is 44.3 Å². The number of sulfonamides is 1. The van der Waals surface area contributed by atoms with Gasteiger partial charge in [-0.05, 0) is 55.3 Å². The Morgan fingerprint density at radius 3 is 2.27 bits per heavy atom. The molecule has 0 bridgehead atoms. The number of ether oxygens (including phenoxy) is 3. The van der Waals surface area contributed by atoms with Crippen LogP contribution in [0.1, 0.15) is 25.8 Å². The highest BCUT2D eigenvalue weighted by Gasteiger charge is 2.28. The van der Waals surface area contributed by atoms with Crippen molar-refractivity contribution in [3.05, 3.63) is 54.1 Å². The van der Waals surface area contributed by atoms with Crippen molar-refractivity contribution in [2.45, 2.75) is 37.8 Å². The van der Waals surface area contributed by atoms with Crippen LogP contribution in [0.25, 0.3) is 0 Å². The number of nitrogens with zero attached hydrogens (tertiary/aromatic N) is 2. The molecular formula is C26H35N3O7S. The van der Waals surface area contributed by atoms with E-state index in [1.54, 1.807) is 26.2 Å². The number of hydrogen-bond donors (Lipinski definition) is 1. The summed E-state index contributed by atoms with van der Waals surface area (Å²) in [4.78, 5) is 27.4. The van der Waals surface area contributed by atoms with Gasteiger partial charge in [0.05, 0.1) is 25.2 Å². The maximum atomic E-state index is 13.2. The van der Waals surface area contributed by atoms with Gasteiger partial charge in [0.1, 0.15) is 17.5 Å². The molecule has 1 N–H and O–H groups in total. The van der Waals surface area contributed by atoms with Crippen LogP contribution in [-0.4, -0.2) is 82.0 Å². The lowest BCUT2D eigenvalue weighted by Gasteiger charge is -2.29. The molecule has 1 fully saturated rings. The molecule has 0 radical (unpaired) electrons. The molecule has 1 saturated heterocycles. The Morgan fingerprint density at radius 1 is 1.05 bits per heavy atom. The number of hydrogen-bond acceptors (Lipinski definition) is 7. The van der Waals surface area contributed by atoms with Crippen LogP contribution < -0.4 is 14.8 Å². The maximum absolute atomic E-state index is 13.2. The molecule has 2 amide bonds. The molecule has 1 heterocycles. The maximum Gasteiger partial charge on any atom is 0.261 e. The van der Waals surface area contributed by atoms with Gasteiger partial charge in [0.2, 0.25) is 15.9 Å². The molecule has 1 aliphatic rings. The highest BCUT2D eigenvalue weighted by atomic mass is 32.2. The van der Waals surface area contributed by atoms with Crippen LogP contribution in [-0.2, 0) is 30.9 Å². The Balaban J connectivity index is 1.68. The molecule has 0 aliphatic carbocycles. The van der Waals surface area contributed by atoms with E-state index in [1.807, 2.05) is 19.1 Å². The Morgan fingerprint density at radius 2 is 1.68 bits per heavy atom. The van der Waals surface area contributed by atoms with Crippen LogP contribution in [0.5, 0.6) is 11.5 Å². The van der Waals surface area contributed by atoms with E-state index in [1.165, 1.54) is 33.5 Å². The highest BCUT2D eigenvalue weighted by molar-refractivity contribution is 7.89. The van der Waals surface area contributed by atoms with E-state index in [2.05, 4.69) is 5.32 Å². The summed E-state index contributed by atoms with van der Waals surface area (Å²) in [5.41, 5.74) is 0.835. The number of rotatable bonds is 12. The van der Waals surface area contributed by atoms with Crippen LogP contribution in [0.4, 0.5) is 0 Å². The molecule has 2 aromatic carbocycles. The number of morpholine rings is 1. The number of benzene rings is 2. The zero-order chi connectivity index (χ0) is 26.8. The lowest BCUT2D eigenvalue weighted by Crippen LogP contribution is -2.49. The van der Waals surface area contributed by atoms with E-state index < -0.39 is 16.1 Å². The van der Waals surface area contributed by atoms with E-state index in [0.717, 1.165) is 12.0 Å². The van der Waals surface area contributed by atoms with Crippen LogP contribution in [0.2, 0.25) is 0 Å². The van der Waals surface area contributed by atoms with Crippen molar-refractivity contribution >= 4 is 21.8 Å². The van der Waals surface area contributed by atoms with E-state index in [4.69, 9.17) is 14.2 Å². The van der Waals surface area contributed by atoms with Crippen LogP contribution in [0.3, 0.4) is 0 Å². The molecule has 202 valence electrons.